The fourth-order valence-electron chi connectivity index (χ4n) is 2.32. The lowest BCUT2D eigenvalue weighted by Crippen LogP contribution is -2.68. The molecule has 0 bridgehead atoms. The number of hydrogen-bond donors (Lipinski definition) is 0. The molecule has 160 valence electrons. The normalized spacial score (nSPS) is 12.1. The Bertz CT molecular complexity index is 792. The van der Waals surface area contributed by atoms with Crippen LogP contribution in [0, 0.1) is 10.2 Å². The molecule has 0 spiro atoms. The quantitative estimate of drug-likeness (QED) is 0.511. The van der Waals surface area contributed by atoms with Crippen LogP contribution in [0.2, 0.25) is 0 Å². The molecule has 29 heavy (non-hydrogen) atoms. The zero-order valence-corrected chi connectivity index (χ0v) is 19.3. The second kappa shape index (κ2) is 9.47. The Morgan fingerprint density at radius 1 is 0.828 bits per heavy atom. The molecular formula is C21H27ClO6S. The molecule has 2 rings (SSSR count). The molecule has 1 heterocycles. The van der Waals surface area contributed by atoms with E-state index in [0.29, 0.717) is 5.56 Å². The third-order valence-corrected chi connectivity index (χ3v) is 5.81. The lowest BCUT2D eigenvalue weighted by Gasteiger charge is -2.17. The van der Waals surface area contributed by atoms with Crippen LogP contribution in [0.4, 0.5) is 0 Å². The fraction of sp³-hybridized carbons (Fsp3) is 0.429. The molecule has 0 aliphatic heterocycles. The van der Waals surface area contributed by atoms with E-state index in [4.69, 9.17) is 23.4 Å². The monoisotopic (exact) mass is 442 g/mol. The molecule has 6 nitrogen and oxygen atoms in total. The highest BCUT2D eigenvalue weighted by Crippen LogP contribution is 2.37. The highest BCUT2D eigenvalue weighted by atomic mass is 35.7. The Kier molecular flexibility index (Phi) is 8.30. The molecule has 0 atom stereocenters. The highest BCUT2D eigenvalue weighted by Gasteiger charge is 2.32. The maximum atomic E-state index is 11.6. The van der Waals surface area contributed by atoms with Crippen LogP contribution in [0.5, 0.6) is 0 Å². The Morgan fingerprint density at radius 3 is 1.52 bits per heavy atom. The van der Waals surface area contributed by atoms with Gasteiger partial charge < -0.3 is 4.74 Å². The molecule has 0 saturated carbocycles. The van der Waals surface area contributed by atoms with E-state index in [1.807, 2.05) is 35.6 Å². The van der Waals surface area contributed by atoms with Crippen LogP contribution in [-0.2, 0) is 15.6 Å². The molecule has 0 unspecified atom stereocenters. The number of hydrogen-bond acceptors (Lipinski definition) is 6. The summed E-state index contributed by atoms with van der Waals surface area (Å²) in [5.41, 5.74) is 3.10. The van der Waals surface area contributed by atoms with Gasteiger partial charge in [-0.05, 0) is 23.3 Å². The van der Waals surface area contributed by atoms with Gasteiger partial charge in [-0.2, -0.15) is 0 Å². The summed E-state index contributed by atoms with van der Waals surface area (Å²) in [5, 5.41) is 0. The standard InChI is InChI=1S/C21H27O2S.ClHO4/c1-20(2,3)17-12-16(13-18(24-17)21(4,5)6)14-8-10-15(11-9-14)19(22)23-7;2-1(3,4)5/h8-13H,1-7H3;(H,2,3,4,5)/q+1;/p-1. The van der Waals surface area contributed by atoms with Gasteiger partial charge in [0.2, 0.25) is 21.1 Å². The third kappa shape index (κ3) is 8.74. The van der Waals surface area contributed by atoms with Crippen LogP contribution in [0.3, 0.4) is 0 Å². The Labute approximate surface area is 178 Å². The average molecular weight is 443 g/mol. The van der Waals surface area contributed by atoms with Crippen LogP contribution in [-0.4, -0.2) is 13.1 Å². The summed E-state index contributed by atoms with van der Waals surface area (Å²) in [5.74, 6) is -0.303. The average Bonchev–Trinajstić information content (AvgIpc) is 2.58. The summed E-state index contributed by atoms with van der Waals surface area (Å²) < 4.78 is 38.7. The van der Waals surface area contributed by atoms with Crippen LogP contribution in [0.25, 0.3) is 11.1 Å². The molecule has 0 radical (unpaired) electrons. The summed E-state index contributed by atoms with van der Waals surface area (Å²) >= 11 is 1.88. The predicted octanol–water partition coefficient (Wildman–Crippen LogP) is 1.32. The zero-order valence-electron chi connectivity index (χ0n) is 17.7. The smallest absolute Gasteiger partial charge is 0.337 e. The summed E-state index contributed by atoms with van der Waals surface area (Å²) in [4.78, 5) is 14.3. The molecule has 8 heteroatoms. The van der Waals surface area contributed by atoms with Crippen LogP contribution < -0.4 is 18.6 Å². The summed E-state index contributed by atoms with van der Waals surface area (Å²) in [7, 11) is -3.54. The summed E-state index contributed by atoms with van der Waals surface area (Å²) in [6.45, 7) is 13.5. The van der Waals surface area contributed by atoms with E-state index >= 15 is 0 Å². The fourth-order valence-corrected chi connectivity index (χ4v) is 3.55. The van der Waals surface area contributed by atoms with Gasteiger partial charge in [0.1, 0.15) is 0 Å². The van der Waals surface area contributed by atoms with Crippen molar-refractivity contribution in [2.45, 2.75) is 52.4 Å². The van der Waals surface area contributed by atoms with Crippen molar-refractivity contribution in [3.63, 3.8) is 0 Å². The van der Waals surface area contributed by atoms with Crippen molar-refractivity contribution < 1.29 is 38.4 Å². The molecule has 1 aromatic carbocycles. The molecular weight excluding hydrogens is 416 g/mol. The van der Waals surface area contributed by atoms with E-state index in [-0.39, 0.29) is 16.8 Å². The SMILES string of the molecule is COC(=O)c1ccc(-c2cc(C(C)(C)C)[s+]c(C(C)(C)C)c2)cc1.[O-][Cl+3]([O-])([O-])[O-]. The minimum atomic E-state index is -4.94. The minimum Gasteiger partial charge on any atom is -0.465 e. The number of esters is 1. The molecule has 0 amide bonds. The van der Waals surface area contributed by atoms with Gasteiger partial charge in [0.05, 0.1) is 12.7 Å². The maximum absolute atomic E-state index is 11.6. The van der Waals surface area contributed by atoms with E-state index in [0.717, 1.165) is 5.56 Å². The zero-order chi connectivity index (χ0) is 22.6. The van der Waals surface area contributed by atoms with E-state index in [2.05, 4.69) is 53.7 Å². The van der Waals surface area contributed by atoms with Crippen molar-refractivity contribution in [1.29, 1.82) is 0 Å². The van der Waals surface area contributed by atoms with E-state index in [1.54, 1.807) is 0 Å². The van der Waals surface area contributed by atoms with Crippen LogP contribution in [0.1, 0.15) is 61.7 Å². The number of halogens is 1. The van der Waals surface area contributed by atoms with Gasteiger partial charge in [0.15, 0.2) is 0 Å². The molecule has 0 fully saturated rings. The summed E-state index contributed by atoms with van der Waals surface area (Å²) in [6, 6.07) is 12.2. The summed E-state index contributed by atoms with van der Waals surface area (Å²) in [6.07, 6.45) is 0. The second-order valence-electron chi connectivity index (χ2n) is 8.52. The number of ether oxygens (including phenoxy) is 1. The van der Waals surface area contributed by atoms with Crippen LogP contribution in [0.15, 0.2) is 36.4 Å². The largest absolute Gasteiger partial charge is 0.465 e. The van der Waals surface area contributed by atoms with E-state index < -0.39 is 10.2 Å². The first-order valence-electron chi connectivity index (χ1n) is 8.82. The van der Waals surface area contributed by atoms with Crippen molar-refractivity contribution in [2.24, 2.45) is 0 Å². The molecule has 1 aromatic heterocycles. The van der Waals surface area contributed by atoms with Crippen molar-refractivity contribution in [3.05, 3.63) is 51.7 Å². The number of carbonyl (C=O) groups is 1. The first-order valence-corrected chi connectivity index (χ1v) is 10.9. The van der Waals surface area contributed by atoms with Gasteiger partial charge in [-0.15, -0.1) is 10.2 Å². The van der Waals surface area contributed by atoms with Crippen molar-refractivity contribution in [1.82, 2.24) is 0 Å². The van der Waals surface area contributed by atoms with Crippen LogP contribution >= 0.6 is 11.3 Å². The van der Waals surface area contributed by atoms with E-state index in [1.165, 1.54) is 22.4 Å². The second-order valence-corrected chi connectivity index (χ2v) is 10.4. The van der Waals surface area contributed by atoms with Gasteiger partial charge >= 0.3 is 5.97 Å². The lowest BCUT2D eigenvalue weighted by molar-refractivity contribution is -2.00. The lowest BCUT2D eigenvalue weighted by atomic mass is 9.90. The molecule has 0 saturated heterocycles. The minimum absolute atomic E-state index is 0.104. The van der Waals surface area contributed by atoms with Gasteiger partial charge in [-0.1, -0.05) is 53.7 Å². The first kappa shape index (κ1) is 25.4. The number of carbonyl (C=O) groups excluding carboxylic acids is 1. The molecule has 0 aliphatic rings. The Morgan fingerprint density at radius 2 is 1.21 bits per heavy atom. The highest BCUT2D eigenvalue weighted by molar-refractivity contribution is 7.12. The van der Waals surface area contributed by atoms with Gasteiger partial charge in [-0.25, -0.2) is 23.4 Å². The Hall–Kier alpha value is -1.61. The van der Waals surface area contributed by atoms with Crippen molar-refractivity contribution in [2.75, 3.05) is 7.11 Å². The number of methoxy groups -OCH3 is 1. The van der Waals surface area contributed by atoms with Gasteiger partial charge in [-0.3, -0.25) is 0 Å². The number of rotatable bonds is 2. The topological polar surface area (TPSA) is 119 Å². The Balaban J connectivity index is 0.000000749. The maximum Gasteiger partial charge on any atom is 0.337 e. The van der Waals surface area contributed by atoms with Crippen molar-refractivity contribution >= 4 is 17.3 Å². The number of benzene rings is 1. The van der Waals surface area contributed by atoms with Gasteiger partial charge in [0, 0.05) is 23.0 Å². The van der Waals surface area contributed by atoms with Gasteiger partial charge in [0.25, 0.3) is 0 Å². The predicted molar refractivity (Wildman–Crippen MR) is 103 cm³/mol. The first-order chi connectivity index (χ1) is 13.0. The van der Waals surface area contributed by atoms with Crippen molar-refractivity contribution in [3.8, 4) is 11.1 Å². The molecule has 0 N–H and O–H groups in total. The molecule has 2 aromatic rings. The molecule has 0 aliphatic carbocycles. The third-order valence-electron chi connectivity index (χ3n) is 3.91. The van der Waals surface area contributed by atoms with E-state index in [9.17, 15) is 4.79 Å².